The number of imide groups is 1. The molecular weight excluding hydrogens is 328 g/mol. The van der Waals surface area contributed by atoms with Crippen LogP contribution in [-0.4, -0.2) is 22.7 Å². The predicted molar refractivity (Wildman–Crippen MR) is 85.5 cm³/mol. The van der Waals surface area contributed by atoms with Crippen LogP contribution in [0.25, 0.3) is 0 Å². The zero-order chi connectivity index (χ0) is 16.6. The SMILES string of the molecule is O=C(NN1C(=O)[C@@H]2[C@H]3C=C[C@@H]([C@@H]4C[C@H]34)[C@H]2C1=O)c1cccc(Cl)c1. The van der Waals surface area contributed by atoms with Crippen molar-refractivity contribution >= 4 is 29.3 Å². The first-order chi connectivity index (χ1) is 11.6. The molecule has 1 aromatic rings. The van der Waals surface area contributed by atoms with Crippen LogP contribution in [0.2, 0.25) is 5.02 Å². The number of rotatable bonds is 2. The Bertz CT molecular complexity index is 784. The van der Waals surface area contributed by atoms with E-state index < -0.39 is 5.91 Å². The summed E-state index contributed by atoms with van der Waals surface area (Å²) in [4.78, 5) is 37.9. The van der Waals surface area contributed by atoms with Crippen LogP contribution in [0, 0.1) is 35.5 Å². The van der Waals surface area contributed by atoms with Crippen LogP contribution < -0.4 is 5.43 Å². The summed E-state index contributed by atoms with van der Waals surface area (Å²) >= 11 is 5.89. The average molecular weight is 343 g/mol. The van der Waals surface area contributed by atoms with Gasteiger partial charge in [-0.1, -0.05) is 29.8 Å². The van der Waals surface area contributed by atoms with Crippen LogP contribution in [0.1, 0.15) is 16.8 Å². The van der Waals surface area contributed by atoms with Crippen molar-refractivity contribution < 1.29 is 14.4 Å². The second kappa shape index (κ2) is 4.70. The van der Waals surface area contributed by atoms with Crippen LogP contribution in [0.15, 0.2) is 36.4 Å². The quantitative estimate of drug-likeness (QED) is 0.660. The Kier molecular flexibility index (Phi) is 2.78. The topological polar surface area (TPSA) is 66.5 Å². The van der Waals surface area contributed by atoms with Crippen molar-refractivity contribution in [1.29, 1.82) is 0 Å². The minimum atomic E-state index is -0.497. The fourth-order valence-electron chi connectivity index (χ4n) is 4.86. The molecule has 6 heteroatoms. The lowest BCUT2D eigenvalue weighted by Crippen LogP contribution is -2.46. The largest absolute Gasteiger partial charge is 0.272 e. The fourth-order valence-corrected chi connectivity index (χ4v) is 5.05. The van der Waals surface area contributed by atoms with E-state index in [0.29, 0.717) is 22.4 Å². The van der Waals surface area contributed by atoms with E-state index in [4.69, 9.17) is 11.6 Å². The van der Waals surface area contributed by atoms with Crippen molar-refractivity contribution in [1.82, 2.24) is 10.4 Å². The molecule has 1 N–H and O–H groups in total. The van der Waals surface area contributed by atoms with Crippen molar-refractivity contribution in [3.8, 4) is 0 Å². The average Bonchev–Trinajstić information content (AvgIpc) is 3.36. The molecule has 3 fully saturated rings. The molecule has 5 aliphatic rings. The molecule has 3 amide bonds. The molecule has 0 unspecified atom stereocenters. The number of hydrogen-bond acceptors (Lipinski definition) is 3. The van der Waals surface area contributed by atoms with Gasteiger partial charge >= 0.3 is 0 Å². The van der Waals surface area contributed by atoms with Crippen molar-refractivity contribution in [3.63, 3.8) is 0 Å². The van der Waals surface area contributed by atoms with Crippen molar-refractivity contribution in [3.05, 3.63) is 47.0 Å². The lowest BCUT2D eigenvalue weighted by molar-refractivity contribution is -0.143. The minimum absolute atomic E-state index is 0.148. The molecule has 24 heavy (non-hydrogen) atoms. The Balaban J connectivity index is 1.41. The van der Waals surface area contributed by atoms with E-state index in [2.05, 4.69) is 17.6 Å². The summed E-state index contributed by atoms with van der Waals surface area (Å²) in [6, 6.07) is 6.42. The molecule has 2 bridgehead atoms. The van der Waals surface area contributed by atoms with E-state index in [1.165, 1.54) is 6.07 Å². The second-order valence-corrected chi connectivity index (χ2v) is 7.55. The van der Waals surface area contributed by atoms with E-state index in [1.807, 2.05) is 0 Å². The molecule has 1 aromatic carbocycles. The Morgan fingerprint density at radius 3 is 2.29 bits per heavy atom. The Morgan fingerprint density at radius 1 is 1.08 bits per heavy atom. The van der Waals surface area contributed by atoms with Gasteiger partial charge in [0.1, 0.15) is 0 Å². The van der Waals surface area contributed by atoms with Gasteiger partial charge < -0.3 is 0 Å². The second-order valence-electron chi connectivity index (χ2n) is 7.12. The Morgan fingerprint density at radius 2 is 1.71 bits per heavy atom. The summed E-state index contributed by atoms with van der Waals surface area (Å²) in [5, 5.41) is 1.37. The molecule has 5 nitrogen and oxygen atoms in total. The van der Waals surface area contributed by atoms with Gasteiger partial charge in [-0.05, 0) is 48.3 Å². The van der Waals surface area contributed by atoms with Gasteiger partial charge in [0.05, 0.1) is 11.8 Å². The number of amides is 3. The number of carbonyl (C=O) groups is 3. The summed E-state index contributed by atoms with van der Waals surface area (Å²) in [5.41, 5.74) is 2.81. The highest BCUT2D eigenvalue weighted by molar-refractivity contribution is 6.31. The van der Waals surface area contributed by atoms with Gasteiger partial charge in [-0.3, -0.25) is 19.8 Å². The highest BCUT2D eigenvalue weighted by Gasteiger charge is 2.67. The number of hydrazine groups is 1. The monoisotopic (exact) mass is 342 g/mol. The highest BCUT2D eigenvalue weighted by atomic mass is 35.5. The molecule has 0 radical (unpaired) electrons. The molecule has 6 rings (SSSR count). The number of nitrogens with zero attached hydrogens (tertiary/aromatic N) is 1. The van der Waals surface area contributed by atoms with E-state index >= 15 is 0 Å². The number of carbonyl (C=O) groups excluding carboxylic acids is 3. The summed E-state index contributed by atoms with van der Waals surface area (Å²) in [5.74, 6) is -0.280. The van der Waals surface area contributed by atoms with Crippen LogP contribution in [0.5, 0.6) is 0 Å². The summed E-state index contributed by atoms with van der Waals surface area (Å²) < 4.78 is 0. The number of allylic oxidation sites excluding steroid dienone is 2. The third kappa shape index (κ3) is 1.79. The third-order valence-corrected chi connectivity index (χ3v) is 6.20. The van der Waals surface area contributed by atoms with Gasteiger partial charge in [0.15, 0.2) is 0 Å². The molecule has 1 aliphatic heterocycles. The van der Waals surface area contributed by atoms with Crippen LogP contribution >= 0.6 is 11.6 Å². The first-order valence-electron chi connectivity index (χ1n) is 8.19. The maximum Gasteiger partial charge on any atom is 0.270 e. The van der Waals surface area contributed by atoms with Crippen LogP contribution in [0.4, 0.5) is 0 Å². The lowest BCUT2D eigenvalue weighted by Gasteiger charge is -2.37. The zero-order valence-electron chi connectivity index (χ0n) is 12.7. The smallest absolute Gasteiger partial charge is 0.270 e. The first-order valence-corrected chi connectivity index (χ1v) is 8.57. The molecule has 1 saturated heterocycles. The first kappa shape index (κ1) is 14.2. The summed E-state index contributed by atoms with van der Waals surface area (Å²) in [7, 11) is 0. The van der Waals surface area contributed by atoms with E-state index in [-0.39, 0.29) is 35.5 Å². The molecule has 6 atom stereocenters. The van der Waals surface area contributed by atoms with E-state index in [1.54, 1.807) is 18.2 Å². The molecule has 2 saturated carbocycles. The minimum Gasteiger partial charge on any atom is -0.272 e. The maximum absolute atomic E-state index is 12.8. The van der Waals surface area contributed by atoms with E-state index in [0.717, 1.165) is 11.4 Å². The molecule has 1 heterocycles. The molecule has 0 aromatic heterocycles. The normalized spacial score (nSPS) is 38.1. The van der Waals surface area contributed by atoms with Gasteiger partial charge in [0.25, 0.3) is 17.7 Å². The maximum atomic E-state index is 12.8. The number of hydrogen-bond donors (Lipinski definition) is 1. The summed E-state index contributed by atoms with van der Waals surface area (Å²) in [6.07, 6.45) is 5.33. The van der Waals surface area contributed by atoms with Crippen molar-refractivity contribution in [2.24, 2.45) is 35.5 Å². The highest BCUT2D eigenvalue weighted by Crippen LogP contribution is 2.65. The van der Waals surface area contributed by atoms with Gasteiger partial charge in [0, 0.05) is 10.6 Å². The molecule has 122 valence electrons. The standard InChI is InChI=1S/C18H15ClN2O3/c19-9-3-1-2-8(6-9)16(22)20-21-17(23)14-10-4-5-11(13-7-12(10)13)15(14)18(21)24/h1-6,10-15H,7H2,(H,20,22)/t10-,11-,12-,13+,14+,15+/m0/s1. The summed E-state index contributed by atoms with van der Waals surface area (Å²) in [6.45, 7) is 0. The Labute approximate surface area is 143 Å². The van der Waals surface area contributed by atoms with Gasteiger partial charge in [-0.15, -0.1) is 0 Å². The van der Waals surface area contributed by atoms with Gasteiger partial charge in [0.2, 0.25) is 0 Å². The fraction of sp³-hybridized carbons (Fsp3) is 0.389. The number of halogens is 1. The van der Waals surface area contributed by atoms with Crippen molar-refractivity contribution in [2.75, 3.05) is 0 Å². The molecule has 4 aliphatic carbocycles. The third-order valence-electron chi connectivity index (χ3n) is 5.96. The molecule has 0 spiro atoms. The molecular formula is C18H15ClN2O3. The lowest BCUT2D eigenvalue weighted by atomic mass is 9.63. The number of benzene rings is 1. The van der Waals surface area contributed by atoms with E-state index in [9.17, 15) is 14.4 Å². The zero-order valence-corrected chi connectivity index (χ0v) is 13.4. The van der Waals surface area contributed by atoms with Crippen LogP contribution in [0.3, 0.4) is 0 Å². The number of nitrogens with one attached hydrogen (secondary N) is 1. The van der Waals surface area contributed by atoms with Crippen molar-refractivity contribution in [2.45, 2.75) is 6.42 Å². The van der Waals surface area contributed by atoms with Gasteiger partial charge in [-0.2, -0.15) is 5.01 Å². The predicted octanol–water partition coefficient (Wildman–Crippen LogP) is 2.04. The van der Waals surface area contributed by atoms with Crippen LogP contribution in [-0.2, 0) is 9.59 Å². The Hall–Kier alpha value is -2.14. The van der Waals surface area contributed by atoms with Gasteiger partial charge in [-0.25, -0.2) is 0 Å².